The third-order valence-electron chi connectivity index (χ3n) is 6.34. The summed E-state index contributed by atoms with van der Waals surface area (Å²) in [5, 5.41) is 0.209. The molecule has 2 aromatic heterocycles. The van der Waals surface area contributed by atoms with Crippen molar-refractivity contribution in [3.05, 3.63) is 52.8 Å². The molecular weight excluding hydrogens is 431 g/mol. The average Bonchev–Trinajstić information content (AvgIpc) is 3.35. The number of amides is 1. The topological polar surface area (TPSA) is 85.2 Å². The molecule has 7 nitrogen and oxygen atoms in total. The number of anilines is 1. The largest absolute Gasteiger partial charge is 0.319 e. The van der Waals surface area contributed by atoms with Crippen LogP contribution < -0.4 is 4.90 Å². The molecule has 1 aliphatic carbocycles. The molecule has 2 aliphatic heterocycles. The minimum Gasteiger partial charge on any atom is -0.319 e. The molecule has 1 spiro atoms. The molecule has 1 saturated heterocycles. The highest BCUT2D eigenvalue weighted by molar-refractivity contribution is 7.92. The Labute approximate surface area is 176 Å². The molecule has 0 bridgehead atoms. The van der Waals surface area contributed by atoms with Crippen LogP contribution in [0, 0.1) is 5.82 Å². The van der Waals surface area contributed by atoms with Crippen LogP contribution in [0.4, 0.5) is 10.1 Å². The Morgan fingerprint density at radius 3 is 2.73 bits per heavy atom. The molecule has 6 rings (SSSR count). The van der Waals surface area contributed by atoms with Crippen LogP contribution >= 0.6 is 11.6 Å². The second kappa shape index (κ2) is 5.79. The van der Waals surface area contributed by atoms with Gasteiger partial charge >= 0.3 is 0 Å². The van der Waals surface area contributed by atoms with E-state index >= 15 is 0 Å². The number of imidazole rings is 1. The van der Waals surface area contributed by atoms with Crippen LogP contribution in [-0.4, -0.2) is 40.4 Å². The minimum atomic E-state index is -3.15. The fraction of sp³-hybridized carbons (Fsp3) is 0.350. The summed E-state index contributed by atoms with van der Waals surface area (Å²) in [4.78, 5) is 23.6. The number of hydrogen-bond acceptors (Lipinski definition) is 5. The Morgan fingerprint density at radius 1 is 1.27 bits per heavy atom. The van der Waals surface area contributed by atoms with E-state index in [0.717, 1.165) is 24.1 Å². The molecule has 3 aliphatic rings. The van der Waals surface area contributed by atoms with E-state index in [1.807, 2.05) is 6.07 Å². The first kappa shape index (κ1) is 18.3. The monoisotopic (exact) mass is 446 g/mol. The summed E-state index contributed by atoms with van der Waals surface area (Å²) in [7, 11) is -3.15. The molecule has 4 heterocycles. The number of benzene rings is 1. The lowest BCUT2D eigenvalue weighted by atomic mass is 9.99. The van der Waals surface area contributed by atoms with Crippen LogP contribution in [0.15, 0.2) is 30.6 Å². The number of fused-ring (bicyclic) bond motifs is 3. The van der Waals surface area contributed by atoms with Crippen molar-refractivity contribution in [1.82, 2.24) is 14.5 Å². The smallest absolute Gasteiger partial charge is 0.238 e. The van der Waals surface area contributed by atoms with Gasteiger partial charge in [-0.05, 0) is 36.6 Å². The van der Waals surface area contributed by atoms with Gasteiger partial charge in [0.05, 0.1) is 46.9 Å². The van der Waals surface area contributed by atoms with E-state index in [1.165, 1.54) is 6.07 Å². The molecular formula is C20H16ClFN4O3S. The molecule has 0 radical (unpaired) electrons. The van der Waals surface area contributed by atoms with Gasteiger partial charge in [0.15, 0.2) is 15.7 Å². The highest BCUT2D eigenvalue weighted by Gasteiger charge is 2.59. The van der Waals surface area contributed by atoms with Gasteiger partial charge in [-0.25, -0.2) is 17.8 Å². The van der Waals surface area contributed by atoms with Gasteiger partial charge in [-0.15, -0.1) is 0 Å². The van der Waals surface area contributed by atoms with Crippen LogP contribution in [0.3, 0.4) is 0 Å². The van der Waals surface area contributed by atoms with Gasteiger partial charge in [0, 0.05) is 11.2 Å². The molecule has 10 heteroatoms. The van der Waals surface area contributed by atoms with Crippen LogP contribution in [0.2, 0.25) is 5.02 Å². The SMILES string of the molecule is O=C1N(Cc2nc3cc(Cl)cc(F)c3n2C2CS(=O)(=O)C2)c2cnccc2C12CC2. The van der Waals surface area contributed by atoms with Gasteiger partial charge in [0.1, 0.15) is 11.3 Å². The zero-order valence-corrected chi connectivity index (χ0v) is 17.2. The summed E-state index contributed by atoms with van der Waals surface area (Å²) in [5.41, 5.74) is 1.78. The molecule has 154 valence electrons. The number of halogens is 2. The van der Waals surface area contributed by atoms with Gasteiger partial charge in [0.2, 0.25) is 5.91 Å². The van der Waals surface area contributed by atoms with Crippen molar-refractivity contribution in [2.24, 2.45) is 0 Å². The summed E-state index contributed by atoms with van der Waals surface area (Å²) in [6.45, 7) is 0.113. The van der Waals surface area contributed by atoms with E-state index < -0.39 is 27.1 Å². The van der Waals surface area contributed by atoms with Gasteiger partial charge < -0.3 is 9.47 Å². The van der Waals surface area contributed by atoms with Crippen molar-refractivity contribution in [3.63, 3.8) is 0 Å². The molecule has 3 aromatic rings. The maximum Gasteiger partial charge on any atom is 0.238 e. The van der Waals surface area contributed by atoms with E-state index in [1.54, 1.807) is 27.9 Å². The molecule has 2 fully saturated rings. The molecule has 1 saturated carbocycles. The van der Waals surface area contributed by atoms with Gasteiger partial charge in [0.25, 0.3) is 0 Å². The summed E-state index contributed by atoms with van der Waals surface area (Å²) < 4.78 is 40.1. The van der Waals surface area contributed by atoms with Crippen molar-refractivity contribution in [2.45, 2.75) is 30.8 Å². The number of nitrogens with zero attached hydrogens (tertiary/aromatic N) is 4. The number of pyridine rings is 1. The summed E-state index contributed by atoms with van der Waals surface area (Å²) in [5.74, 6) is -0.294. The van der Waals surface area contributed by atoms with Crippen molar-refractivity contribution >= 4 is 44.1 Å². The number of hydrogen-bond donors (Lipinski definition) is 0. The third-order valence-corrected chi connectivity index (χ3v) is 8.35. The van der Waals surface area contributed by atoms with E-state index in [-0.39, 0.29) is 34.5 Å². The van der Waals surface area contributed by atoms with Crippen LogP contribution in [-0.2, 0) is 26.6 Å². The summed E-state index contributed by atoms with van der Waals surface area (Å²) >= 11 is 6.01. The second-order valence-corrected chi connectivity index (χ2v) is 10.8. The molecule has 1 amide bonds. The van der Waals surface area contributed by atoms with Gasteiger partial charge in [-0.3, -0.25) is 9.78 Å². The fourth-order valence-corrected chi connectivity index (χ4v) is 6.36. The van der Waals surface area contributed by atoms with E-state index in [0.29, 0.717) is 11.3 Å². The minimum absolute atomic E-state index is 0.0103. The number of sulfone groups is 1. The predicted octanol–water partition coefficient (Wildman–Crippen LogP) is 2.77. The van der Waals surface area contributed by atoms with Gasteiger partial charge in [-0.2, -0.15) is 0 Å². The van der Waals surface area contributed by atoms with Crippen LogP contribution in [0.1, 0.15) is 30.3 Å². The summed E-state index contributed by atoms with van der Waals surface area (Å²) in [6, 6.07) is 4.20. The number of rotatable bonds is 3. The third kappa shape index (κ3) is 2.42. The van der Waals surface area contributed by atoms with E-state index in [4.69, 9.17) is 11.6 Å². The normalized spacial score (nSPS) is 21.3. The summed E-state index contributed by atoms with van der Waals surface area (Å²) in [6.07, 6.45) is 4.93. The Kier molecular flexibility index (Phi) is 3.53. The van der Waals surface area contributed by atoms with Crippen molar-refractivity contribution < 1.29 is 17.6 Å². The fourth-order valence-electron chi connectivity index (χ4n) is 4.78. The molecule has 0 N–H and O–H groups in total. The lowest BCUT2D eigenvalue weighted by Crippen LogP contribution is -2.40. The van der Waals surface area contributed by atoms with Crippen LogP contribution in [0.25, 0.3) is 11.0 Å². The lowest BCUT2D eigenvalue weighted by Gasteiger charge is -2.30. The molecule has 0 unspecified atom stereocenters. The standard InChI is InChI=1S/C20H16ClFN4O3S/c21-11-5-14(22)18-15(6-11)24-17(26(18)12-9-30(28,29)10-12)8-25-16-7-23-4-1-13(16)20(2-3-20)19(25)27/h1,4-7,12H,2-3,8-10H2. The van der Waals surface area contributed by atoms with Gasteiger partial charge in [-0.1, -0.05) is 11.6 Å². The molecule has 30 heavy (non-hydrogen) atoms. The van der Waals surface area contributed by atoms with E-state index in [2.05, 4.69) is 9.97 Å². The Balaban J connectivity index is 1.49. The molecule has 1 aromatic carbocycles. The highest BCUT2D eigenvalue weighted by Crippen LogP contribution is 2.57. The number of aromatic nitrogens is 3. The first-order valence-electron chi connectivity index (χ1n) is 9.62. The average molecular weight is 447 g/mol. The second-order valence-electron chi connectivity index (χ2n) is 8.25. The van der Waals surface area contributed by atoms with Crippen molar-refractivity contribution in [1.29, 1.82) is 0 Å². The molecule has 0 atom stereocenters. The zero-order valence-electron chi connectivity index (χ0n) is 15.7. The van der Waals surface area contributed by atoms with E-state index in [9.17, 15) is 17.6 Å². The Morgan fingerprint density at radius 2 is 2.03 bits per heavy atom. The maximum absolute atomic E-state index is 14.8. The Hall–Kier alpha value is -2.52. The first-order valence-corrected chi connectivity index (χ1v) is 11.8. The first-order chi connectivity index (χ1) is 14.3. The van der Waals surface area contributed by atoms with Crippen molar-refractivity contribution in [2.75, 3.05) is 16.4 Å². The van der Waals surface area contributed by atoms with Crippen LogP contribution in [0.5, 0.6) is 0 Å². The quantitative estimate of drug-likeness (QED) is 0.617. The van der Waals surface area contributed by atoms with Crippen molar-refractivity contribution in [3.8, 4) is 0 Å². The Bertz CT molecular complexity index is 1350. The number of carbonyl (C=O) groups excluding carboxylic acids is 1. The lowest BCUT2D eigenvalue weighted by molar-refractivity contribution is -0.120. The maximum atomic E-state index is 14.8. The zero-order chi connectivity index (χ0) is 20.8. The highest BCUT2D eigenvalue weighted by atomic mass is 35.5. The predicted molar refractivity (Wildman–Crippen MR) is 109 cm³/mol. The number of carbonyl (C=O) groups is 1.